The van der Waals surface area contributed by atoms with Crippen LogP contribution in [0.3, 0.4) is 0 Å². The summed E-state index contributed by atoms with van der Waals surface area (Å²) in [5.41, 5.74) is 0.265. The van der Waals surface area contributed by atoms with E-state index in [1.165, 1.54) is 18.2 Å². The SMILES string of the molecule is CC(Nc1c(F)cccc1[N+](=O)[O-])c1ccc(Br)cc1Cl. The average molecular weight is 374 g/mol. The summed E-state index contributed by atoms with van der Waals surface area (Å²) in [6, 6.07) is 8.63. The van der Waals surface area contributed by atoms with Crippen molar-refractivity contribution in [3.63, 3.8) is 0 Å². The van der Waals surface area contributed by atoms with Crippen LogP contribution >= 0.6 is 27.5 Å². The van der Waals surface area contributed by atoms with Crippen molar-refractivity contribution in [2.24, 2.45) is 0 Å². The molecule has 2 rings (SSSR count). The second kappa shape index (κ2) is 6.41. The number of para-hydroxylation sites is 1. The second-order valence-electron chi connectivity index (χ2n) is 4.42. The fourth-order valence-electron chi connectivity index (χ4n) is 1.95. The average Bonchev–Trinajstić information content (AvgIpc) is 2.40. The zero-order chi connectivity index (χ0) is 15.6. The van der Waals surface area contributed by atoms with Crippen molar-refractivity contribution in [1.29, 1.82) is 0 Å². The molecule has 7 heteroatoms. The number of hydrogen-bond acceptors (Lipinski definition) is 3. The van der Waals surface area contributed by atoms with Crippen molar-refractivity contribution in [2.75, 3.05) is 5.32 Å². The minimum atomic E-state index is -0.677. The van der Waals surface area contributed by atoms with Gasteiger partial charge in [-0.15, -0.1) is 0 Å². The normalized spacial score (nSPS) is 12.0. The highest BCUT2D eigenvalue weighted by Gasteiger charge is 2.20. The number of nitro groups is 1. The van der Waals surface area contributed by atoms with E-state index in [-0.39, 0.29) is 17.4 Å². The second-order valence-corrected chi connectivity index (χ2v) is 5.75. The Morgan fingerprint density at radius 1 is 1.38 bits per heavy atom. The van der Waals surface area contributed by atoms with Gasteiger partial charge in [0.1, 0.15) is 5.69 Å². The van der Waals surface area contributed by atoms with Crippen LogP contribution < -0.4 is 5.32 Å². The van der Waals surface area contributed by atoms with Crippen LogP contribution in [0, 0.1) is 15.9 Å². The minimum Gasteiger partial charge on any atom is -0.371 e. The number of anilines is 1. The molecule has 0 saturated heterocycles. The summed E-state index contributed by atoms with van der Waals surface area (Å²) in [6.45, 7) is 1.76. The Balaban J connectivity index is 2.36. The maximum Gasteiger partial charge on any atom is 0.295 e. The smallest absolute Gasteiger partial charge is 0.295 e. The molecule has 0 aromatic heterocycles. The van der Waals surface area contributed by atoms with E-state index in [4.69, 9.17) is 11.6 Å². The first kappa shape index (κ1) is 15.7. The zero-order valence-corrected chi connectivity index (χ0v) is 13.3. The molecule has 2 aromatic carbocycles. The lowest BCUT2D eigenvalue weighted by molar-refractivity contribution is -0.384. The van der Waals surface area contributed by atoms with E-state index >= 15 is 0 Å². The lowest BCUT2D eigenvalue weighted by atomic mass is 10.1. The standard InChI is InChI=1S/C14H11BrClFN2O2/c1-8(10-6-5-9(15)7-11(10)16)18-14-12(17)3-2-4-13(14)19(20)21/h2-8,18H,1H3. The molecule has 1 atom stereocenters. The molecule has 0 aliphatic carbocycles. The summed E-state index contributed by atoms with van der Waals surface area (Å²) >= 11 is 9.44. The van der Waals surface area contributed by atoms with Gasteiger partial charge in [0.25, 0.3) is 5.69 Å². The van der Waals surface area contributed by atoms with E-state index in [0.29, 0.717) is 5.02 Å². The highest BCUT2D eigenvalue weighted by molar-refractivity contribution is 9.10. The summed E-state index contributed by atoms with van der Waals surface area (Å²) < 4.78 is 14.7. The summed E-state index contributed by atoms with van der Waals surface area (Å²) in [7, 11) is 0. The van der Waals surface area contributed by atoms with Crippen molar-refractivity contribution < 1.29 is 9.31 Å². The van der Waals surface area contributed by atoms with Crippen LogP contribution in [0.4, 0.5) is 15.8 Å². The Hall–Kier alpha value is -1.66. The van der Waals surface area contributed by atoms with Crippen molar-refractivity contribution >= 4 is 38.9 Å². The molecule has 21 heavy (non-hydrogen) atoms. The van der Waals surface area contributed by atoms with Crippen molar-refractivity contribution in [3.05, 3.63) is 67.4 Å². The monoisotopic (exact) mass is 372 g/mol. The van der Waals surface area contributed by atoms with Crippen molar-refractivity contribution in [1.82, 2.24) is 0 Å². The van der Waals surface area contributed by atoms with Gasteiger partial charge in [0.15, 0.2) is 5.82 Å². The van der Waals surface area contributed by atoms with Crippen LogP contribution in [0.15, 0.2) is 40.9 Å². The molecular formula is C14H11BrClFN2O2. The van der Waals surface area contributed by atoms with Gasteiger partial charge in [0.05, 0.1) is 11.0 Å². The zero-order valence-electron chi connectivity index (χ0n) is 10.9. The van der Waals surface area contributed by atoms with Gasteiger partial charge in [-0.1, -0.05) is 39.7 Å². The van der Waals surface area contributed by atoms with Gasteiger partial charge in [-0.05, 0) is 30.7 Å². The lowest BCUT2D eigenvalue weighted by Crippen LogP contribution is -2.10. The number of halogens is 3. The molecule has 0 saturated carbocycles. The fourth-order valence-corrected chi connectivity index (χ4v) is 2.79. The molecule has 0 heterocycles. The van der Waals surface area contributed by atoms with E-state index in [1.54, 1.807) is 25.1 Å². The van der Waals surface area contributed by atoms with Gasteiger partial charge in [-0.2, -0.15) is 0 Å². The Bertz CT molecular complexity index is 697. The highest BCUT2D eigenvalue weighted by atomic mass is 79.9. The first-order valence-electron chi connectivity index (χ1n) is 6.04. The largest absolute Gasteiger partial charge is 0.371 e. The molecule has 0 amide bonds. The first-order chi connectivity index (χ1) is 9.90. The number of nitrogens with zero attached hydrogens (tertiary/aromatic N) is 1. The van der Waals surface area contributed by atoms with E-state index < -0.39 is 10.7 Å². The summed E-state index contributed by atoms with van der Waals surface area (Å²) in [4.78, 5) is 10.3. The molecule has 4 nitrogen and oxygen atoms in total. The van der Waals surface area contributed by atoms with Crippen LogP contribution in [0.5, 0.6) is 0 Å². The molecule has 1 N–H and O–H groups in total. The third-order valence-electron chi connectivity index (χ3n) is 2.98. The molecule has 0 fully saturated rings. The van der Waals surface area contributed by atoms with E-state index in [9.17, 15) is 14.5 Å². The van der Waals surface area contributed by atoms with Gasteiger partial charge in [0.2, 0.25) is 0 Å². The Morgan fingerprint density at radius 2 is 2.10 bits per heavy atom. The van der Waals surface area contributed by atoms with E-state index in [0.717, 1.165) is 10.0 Å². The van der Waals surface area contributed by atoms with Gasteiger partial charge < -0.3 is 5.32 Å². The topological polar surface area (TPSA) is 55.2 Å². The molecular weight excluding hydrogens is 363 g/mol. The molecule has 0 bridgehead atoms. The Morgan fingerprint density at radius 3 is 2.71 bits per heavy atom. The first-order valence-corrected chi connectivity index (χ1v) is 7.21. The Labute approximate surface area is 134 Å². The molecule has 0 radical (unpaired) electrons. The van der Waals surface area contributed by atoms with Crippen LogP contribution in [-0.2, 0) is 0 Å². The number of benzene rings is 2. The van der Waals surface area contributed by atoms with Crippen molar-refractivity contribution in [2.45, 2.75) is 13.0 Å². The molecule has 110 valence electrons. The maximum atomic E-state index is 13.8. The van der Waals surface area contributed by atoms with Crippen LogP contribution in [0.1, 0.15) is 18.5 Å². The molecule has 2 aromatic rings. The van der Waals surface area contributed by atoms with E-state index in [1.807, 2.05) is 0 Å². The quantitative estimate of drug-likeness (QED) is 0.582. The number of rotatable bonds is 4. The predicted molar refractivity (Wildman–Crippen MR) is 84.2 cm³/mol. The van der Waals surface area contributed by atoms with Gasteiger partial charge >= 0.3 is 0 Å². The summed E-state index contributed by atoms with van der Waals surface area (Å²) in [5, 5.41) is 14.3. The maximum absolute atomic E-state index is 13.8. The number of hydrogen-bond donors (Lipinski definition) is 1. The molecule has 0 spiro atoms. The van der Waals surface area contributed by atoms with Crippen LogP contribution in [-0.4, -0.2) is 4.92 Å². The van der Waals surface area contributed by atoms with Gasteiger partial charge in [0, 0.05) is 15.6 Å². The van der Waals surface area contributed by atoms with Gasteiger partial charge in [-0.3, -0.25) is 10.1 Å². The molecule has 0 aliphatic heterocycles. The van der Waals surface area contributed by atoms with Crippen LogP contribution in [0.2, 0.25) is 5.02 Å². The predicted octanol–water partition coefficient (Wildman–Crippen LogP) is 5.32. The summed E-state index contributed by atoms with van der Waals surface area (Å²) in [6.07, 6.45) is 0. The minimum absolute atomic E-state index is 0.144. The highest BCUT2D eigenvalue weighted by Crippen LogP contribution is 2.33. The van der Waals surface area contributed by atoms with Crippen LogP contribution in [0.25, 0.3) is 0 Å². The van der Waals surface area contributed by atoms with Gasteiger partial charge in [-0.25, -0.2) is 4.39 Å². The number of nitrogens with one attached hydrogen (secondary N) is 1. The lowest BCUT2D eigenvalue weighted by Gasteiger charge is -2.17. The van der Waals surface area contributed by atoms with E-state index in [2.05, 4.69) is 21.2 Å². The third-order valence-corrected chi connectivity index (χ3v) is 3.80. The summed E-state index contributed by atoms with van der Waals surface area (Å²) in [5.74, 6) is -0.677. The van der Waals surface area contributed by atoms with Crippen molar-refractivity contribution in [3.8, 4) is 0 Å². The molecule has 0 aliphatic rings. The Kier molecular flexibility index (Phi) is 4.80. The molecule has 1 unspecified atom stereocenters. The third kappa shape index (κ3) is 3.51. The fraction of sp³-hybridized carbons (Fsp3) is 0.143. The number of nitro benzene ring substituents is 1.